The highest BCUT2D eigenvalue weighted by atomic mass is 35.5. The number of imide groups is 1. The number of amides is 2. The maximum Gasteiger partial charge on any atom is 0.237 e. The Morgan fingerprint density at radius 3 is 2.56 bits per heavy atom. The largest absolute Gasteiger partial charge is 0.296 e. The van der Waals surface area contributed by atoms with E-state index in [2.05, 4.69) is 5.32 Å². The molecule has 0 saturated carbocycles. The van der Waals surface area contributed by atoms with Crippen molar-refractivity contribution in [3.05, 3.63) is 33.3 Å². The van der Waals surface area contributed by atoms with Gasteiger partial charge >= 0.3 is 0 Å². The molecular formula is C13H11Cl2NO2. The van der Waals surface area contributed by atoms with E-state index in [0.29, 0.717) is 16.5 Å². The van der Waals surface area contributed by atoms with Gasteiger partial charge < -0.3 is 0 Å². The van der Waals surface area contributed by atoms with Gasteiger partial charge in [-0.15, -0.1) is 0 Å². The van der Waals surface area contributed by atoms with Crippen molar-refractivity contribution in [3.63, 3.8) is 0 Å². The number of fused-ring (bicyclic) bond motifs is 2. The van der Waals surface area contributed by atoms with Gasteiger partial charge in [0, 0.05) is 6.42 Å². The zero-order valence-corrected chi connectivity index (χ0v) is 11.1. The highest BCUT2D eigenvalue weighted by Crippen LogP contribution is 2.45. The molecule has 3 nitrogen and oxygen atoms in total. The average molecular weight is 284 g/mol. The lowest BCUT2D eigenvalue weighted by atomic mass is 9.69. The predicted octanol–water partition coefficient (Wildman–Crippen LogP) is 2.61. The van der Waals surface area contributed by atoms with Crippen LogP contribution in [0, 0.1) is 0 Å². The number of halogens is 2. The molecule has 94 valence electrons. The first kappa shape index (κ1) is 12.0. The van der Waals surface area contributed by atoms with Crippen molar-refractivity contribution in [1.29, 1.82) is 0 Å². The van der Waals surface area contributed by atoms with E-state index < -0.39 is 5.41 Å². The smallest absolute Gasteiger partial charge is 0.237 e. The fourth-order valence-electron chi connectivity index (χ4n) is 3.02. The molecule has 1 fully saturated rings. The normalized spacial score (nSPS) is 26.3. The monoisotopic (exact) mass is 283 g/mol. The standard InChI is InChI=1S/C13H11Cl2NO2/c14-9-4-7-2-1-3-13(8(7)5-10(9)15)6-11(17)16-12(13)18/h4-5H,1-3,6H2,(H,16,17,18). The maximum atomic E-state index is 12.1. The van der Waals surface area contributed by atoms with Gasteiger partial charge in [-0.1, -0.05) is 23.2 Å². The zero-order valence-electron chi connectivity index (χ0n) is 9.56. The number of nitrogens with one attached hydrogen (secondary N) is 1. The second-order valence-electron chi connectivity index (χ2n) is 4.91. The van der Waals surface area contributed by atoms with Crippen LogP contribution in [-0.4, -0.2) is 11.8 Å². The van der Waals surface area contributed by atoms with Crippen LogP contribution in [0.15, 0.2) is 12.1 Å². The summed E-state index contributed by atoms with van der Waals surface area (Å²) in [7, 11) is 0. The van der Waals surface area contributed by atoms with Crippen LogP contribution in [0.3, 0.4) is 0 Å². The number of hydrogen-bond acceptors (Lipinski definition) is 2. The Kier molecular flexibility index (Phi) is 2.65. The summed E-state index contributed by atoms with van der Waals surface area (Å²) in [5.41, 5.74) is 1.17. The maximum absolute atomic E-state index is 12.1. The lowest BCUT2D eigenvalue weighted by Gasteiger charge is -2.32. The quantitative estimate of drug-likeness (QED) is 0.744. The highest BCUT2D eigenvalue weighted by molar-refractivity contribution is 6.42. The van der Waals surface area contributed by atoms with Crippen LogP contribution >= 0.6 is 23.2 Å². The Morgan fingerprint density at radius 1 is 1.17 bits per heavy atom. The van der Waals surface area contributed by atoms with Crippen molar-refractivity contribution in [1.82, 2.24) is 5.32 Å². The number of benzene rings is 1. The molecule has 1 saturated heterocycles. The molecular weight excluding hydrogens is 273 g/mol. The van der Waals surface area contributed by atoms with Gasteiger partial charge in [-0.2, -0.15) is 0 Å². The molecule has 0 aromatic heterocycles. The second kappa shape index (κ2) is 3.97. The molecule has 1 aromatic rings. The number of rotatable bonds is 0. The predicted molar refractivity (Wildman–Crippen MR) is 68.8 cm³/mol. The van der Waals surface area contributed by atoms with E-state index in [9.17, 15) is 9.59 Å². The van der Waals surface area contributed by atoms with Gasteiger partial charge in [0.05, 0.1) is 15.5 Å². The van der Waals surface area contributed by atoms with Crippen molar-refractivity contribution in [2.75, 3.05) is 0 Å². The highest BCUT2D eigenvalue weighted by Gasteiger charge is 2.50. The first-order chi connectivity index (χ1) is 8.53. The summed E-state index contributed by atoms with van der Waals surface area (Å²) in [4.78, 5) is 23.6. The van der Waals surface area contributed by atoms with Crippen LogP contribution in [-0.2, 0) is 21.4 Å². The fourth-order valence-corrected chi connectivity index (χ4v) is 3.37. The van der Waals surface area contributed by atoms with Gasteiger partial charge in [0.2, 0.25) is 11.8 Å². The molecule has 1 spiro atoms. The van der Waals surface area contributed by atoms with Crippen LogP contribution < -0.4 is 5.32 Å². The fraction of sp³-hybridized carbons (Fsp3) is 0.385. The van der Waals surface area contributed by atoms with Gasteiger partial charge in [-0.25, -0.2) is 0 Å². The third kappa shape index (κ3) is 1.57. The number of aryl methyl sites for hydroxylation is 1. The van der Waals surface area contributed by atoms with Crippen LogP contribution in [0.2, 0.25) is 10.0 Å². The van der Waals surface area contributed by atoms with Gasteiger partial charge in [-0.05, 0) is 42.5 Å². The molecule has 3 rings (SSSR count). The molecule has 0 radical (unpaired) electrons. The van der Waals surface area contributed by atoms with Crippen LogP contribution in [0.5, 0.6) is 0 Å². The first-order valence-corrected chi connectivity index (χ1v) is 6.61. The van der Waals surface area contributed by atoms with Crippen molar-refractivity contribution in [2.45, 2.75) is 31.1 Å². The second-order valence-corrected chi connectivity index (χ2v) is 5.73. The lowest BCUT2D eigenvalue weighted by Crippen LogP contribution is -2.38. The van der Waals surface area contributed by atoms with Gasteiger partial charge in [0.25, 0.3) is 0 Å². The van der Waals surface area contributed by atoms with Crippen LogP contribution in [0.4, 0.5) is 0 Å². The summed E-state index contributed by atoms with van der Waals surface area (Å²) in [5, 5.41) is 3.33. The summed E-state index contributed by atoms with van der Waals surface area (Å²) in [6, 6.07) is 3.56. The summed E-state index contributed by atoms with van der Waals surface area (Å²) in [6.45, 7) is 0. The molecule has 1 aromatic carbocycles. The minimum Gasteiger partial charge on any atom is -0.296 e. The molecule has 1 N–H and O–H groups in total. The summed E-state index contributed by atoms with van der Waals surface area (Å²) < 4.78 is 0. The van der Waals surface area contributed by atoms with Gasteiger partial charge in [-0.3, -0.25) is 14.9 Å². The Hall–Kier alpha value is -1.06. The lowest BCUT2D eigenvalue weighted by molar-refractivity contribution is -0.126. The molecule has 18 heavy (non-hydrogen) atoms. The Balaban J connectivity index is 2.20. The van der Waals surface area contributed by atoms with Gasteiger partial charge in [0.1, 0.15) is 0 Å². The molecule has 2 amide bonds. The first-order valence-electron chi connectivity index (χ1n) is 5.86. The zero-order chi connectivity index (χ0) is 12.9. The summed E-state index contributed by atoms with van der Waals surface area (Å²) >= 11 is 12.0. The average Bonchev–Trinajstić information content (AvgIpc) is 2.58. The number of hydrogen-bond donors (Lipinski definition) is 1. The van der Waals surface area contributed by atoms with Crippen molar-refractivity contribution >= 4 is 35.0 Å². The number of carbonyl (C=O) groups excluding carboxylic acids is 2. The summed E-state index contributed by atoms with van der Waals surface area (Å²) in [5.74, 6) is -0.411. The molecule has 1 unspecified atom stereocenters. The molecule has 5 heteroatoms. The summed E-state index contributed by atoms with van der Waals surface area (Å²) in [6.07, 6.45) is 2.66. The van der Waals surface area contributed by atoms with E-state index in [0.717, 1.165) is 24.0 Å². The third-order valence-corrected chi connectivity index (χ3v) is 4.58. The Labute approximate surface area is 114 Å². The van der Waals surface area contributed by atoms with E-state index in [1.165, 1.54) is 0 Å². The van der Waals surface area contributed by atoms with Gasteiger partial charge in [0.15, 0.2) is 0 Å². The molecule has 2 aliphatic rings. The molecule has 1 aliphatic heterocycles. The van der Waals surface area contributed by atoms with Crippen LogP contribution in [0.1, 0.15) is 30.4 Å². The van der Waals surface area contributed by atoms with Crippen molar-refractivity contribution in [2.24, 2.45) is 0 Å². The van der Waals surface area contributed by atoms with Crippen molar-refractivity contribution < 1.29 is 9.59 Å². The Morgan fingerprint density at radius 2 is 1.89 bits per heavy atom. The molecule has 1 aliphatic carbocycles. The molecule has 0 bridgehead atoms. The minimum absolute atomic E-state index is 0.202. The molecule has 1 heterocycles. The SMILES string of the molecule is O=C1CC2(CCCc3cc(Cl)c(Cl)cc32)C(=O)N1. The van der Waals surface area contributed by atoms with E-state index >= 15 is 0 Å². The third-order valence-electron chi connectivity index (χ3n) is 3.86. The van der Waals surface area contributed by atoms with E-state index in [-0.39, 0.29) is 18.2 Å². The topological polar surface area (TPSA) is 46.2 Å². The van der Waals surface area contributed by atoms with E-state index in [4.69, 9.17) is 23.2 Å². The molecule has 1 atom stereocenters. The number of carbonyl (C=O) groups is 2. The van der Waals surface area contributed by atoms with E-state index in [1.807, 2.05) is 6.07 Å². The van der Waals surface area contributed by atoms with Crippen molar-refractivity contribution in [3.8, 4) is 0 Å². The van der Waals surface area contributed by atoms with E-state index in [1.54, 1.807) is 6.07 Å². The minimum atomic E-state index is -0.723. The Bertz CT molecular complexity index is 570. The van der Waals surface area contributed by atoms with Crippen LogP contribution in [0.25, 0.3) is 0 Å².